The fraction of sp³-hybridized carbons (Fsp3) is 0.778. The lowest BCUT2D eigenvalue weighted by molar-refractivity contribution is 0.354. The highest BCUT2D eigenvalue weighted by atomic mass is 32.1. The van der Waals surface area contributed by atoms with E-state index in [0.717, 1.165) is 6.42 Å². The van der Waals surface area contributed by atoms with E-state index in [-0.39, 0.29) is 0 Å². The molecule has 0 aromatic rings. The van der Waals surface area contributed by atoms with E-state index in [1.807, 2.05) is 7.05 Å². The van der Waals surface area contributed by atoms with E-state index < -0.39 is 0 Å². The third-order valence-corrected chi connectivity index (χ3v) is 2.88. The molecule has 0 radical (unpaired) electrons. The molecule has 11 heavy (non-hydrogen) atoms. The molecule has 0 atom stereocenters. The van der Waals surface area contributed by atoms with Gasteiger partial charge in [-0.3, -0.25) is 0 Å². The molecule has 0 bridgehead atoms. The molecule has 0 aliphatic heterocycles. The van der Waals surface area contributed by atoms with Crippen molar-refractivity contribution in [2.24, 2.45) is 5.41 Å². The van der Waals surface area contributed by atoms with E-state index in [9.17, 15) is 0 Å². The van der Waals surface area contributed by atoms with Crippen molar-refractivity contribution >= 4 is 12.6 Å². The Balaban J connectivity index is 2.92. The van der Waals surface area contributed by atoms with Crippen LogP contribution < -0.4 is 5.32 Å². The molecule has 0 aromatic carbocycles. The van der Waals surface area contributed by atoms with E-state index in [1.54, 1.807) is 0 Å². The molecule has 0 aromatic heterocycles. The quantitative estimate of drug-likeness (QED) is 0.578. The first-order valence-electron chi connectivity index (χ1n) is 4.18. The monoisotopic (exact) mass is 171 g/mol. The zero-order chi connectivity index (χ0) is 8.48. The summed E-state index contributed by atoms with van der Waals surface area (Å²) < 4.78 is 0. The summed E-state index contributed by atoms with van der Waals surface area (Å²) >= 11 is 4.47. The second-order valence-corrected chi connectivity index (χ2v) is 4.35. The zero-order valence-electron chi connectivity index (χ0n) is 7.57. The number of allylic oxidation sites excluding steroid dienone is 2. The molecule has 1 aliphatic rings. The molecule has 0 spiro atoms. The molecule has 0 saturated carbocycles. The van der Waals surface area contributed by atoms with Gasteiger partial charge in [-0.2, -0.15) is 0 Å². The molecule has 2 heteroatoms. The Morgan fingerprint density at radius 3 is 2.45 bits per heavy atom. The lowest BCUT2D eigenvalue weighted by Crippen LogP contribution is -2.28. The first kappa shape index (κ1) is 8.98. The van der Waals surface area contributed by atoms with Crippen LogP contribution in [0.3, 0.4) is 0 Å². The van der Waals surface area contributed by atoms with Crippen LogP contribution in [0.2, 0.25) is 0 Å². The molecule has 0 fully saturated rings. The van der Waals surface area contributed by atoms with Gasteiger partial charge in [0.15, 0.2) is 0 Å². The van der Waals surface area contributed by atoms with Crippen LogP contribution in [0.25, 0.3) is 0 Å². The van der Waals surface area contributed by atoms with Crippen LogP contribution in [0.1, 0.15) is 33.1 Å². The summed E-state index contributed by atoms with van der Waals surface area (Å²) in [5.41, 5.74) is 1.64. The summed E-state index contributed by atoms with van der Waals surface area (Å²) in [6, 6.07) is 0. The van der Waals surface area contributed by atoms with E-state index >= 15 is 0 Å². The Morgan fingerprint density at radius 2 is 2.09 bits per heavy atom. The summed E-state index contributed by atoms with van der Waals surface area (Å²) in [4.78, 5) is 1.24. The van der Waals surface area contributed by atoms with Crippen molar-refractivity contribution in [2.45, 2.75) is 33.1 Å². The molecule has 0 amide bonds. The Bertz CT molecular complexity index is 182. The summed E-state index contributed by atoms with van der Waals surface area (Å²) in [6.07, 6.45) is 3.69. The zero-order valence-corrected chi connectivity index (χ0v) is 8.46. The molecular weight excluding hydrogens is 154 g/mol. The largest absolute Gasteiger partial charge is 0.390 e. The van der Waals surface area contributed by atoms with Crippen LogP contribution in [0, 0.1) is 5.41 Å². The summed E-state index contributed by atoms with van der Waals surface area (Å²) in [5, 5.41) is 3.25. The normalized spacial score (nSPS) is 23.6. The van der Waals surface area contributed by atoms with Crippen LogP contribution in [-0.2, 0) is 0 Å². The van der Waals surface area contributed by atoms with Gasteiger partial charge in [0.2, 0.25) is 0 Å². The predicted molar refractivity (Wildman–Crippen MR) is 52.7 cm³/mol. The molecule has 0 unspecified atom stereocenters. The van der Waals surface area contributed by atoms with Crippen molar-refractivity contribution in [2.75, 3.05) is 7.05 Å². The minimum Gasteiger partial charge on any atom is -0.390 e. The van der Waals surface area contributed by atoms with Crippen LogP contribution in [0.15, 0.2) is 10.6 Å². The minimum absolute atomic E-state index is 0.310. The van der Waals surface area contributed by atoms with Crippen molar-refractivity contribution in [3.05, 3.63) is 10.6 Å². The van der Waals surface area contributed by atoms with Crippen LogP contribution in [-0.4, -0.2) is 7.05 Å². The number of rotatable bonds is 1. The predicted octanol–water partition coefficient (Wildman–Crippen LogP) is 2.56. The van der Waals surface area contributed by atoms with Crippen molar-refractivity contribution in [1.29, 1.82) is 0 Å². The SMILES string of the molecule is CNC1=C(S)CCCC1(C)C. The first-order chi connectivity index (χ1) is 5.08. The van der Waals surface area contributed by atoms with Gasteiger partial charge in [-0.25, -0.2) is 0 Å². The van der Waals surface area contributed by atoms with Gasteiger partial charge in [-0.05, 0) is 19.3 Å². The van der Waals surface area contributed by atoms with Gasteiger partial charge in [0.1, 0.15) is 0 Å². The third-order valence-electron chi connectivity index (χ3n) is 2.43. The fourth-order valence-corrected chi connectivity index (χ4v) is 2.39. The lowest BCUT2D eigenvalue weighted by Gasteiger charge is -2.33. The molecule has 0 heterocycles. The van der Waals surface area contributed by atoms with Gasteiger partial charge in [0.05, 0.1) is 0 Å². The highest BCUT2D eigenvalue weighted by Crippen LogP contribution is 2.39. The minimum atomic E-state index is 0.310. The van der Waals surface area contributed by atoms with E-state index in [4.69, 9.17) is 0 Å². The highest BCUT2D eigenvalue weighted by molar-refractivity contribution is 7.84. The lowest BCUT2D eigenvalue weighted by atomic mass is 9.79. The number of hydrogen-bond donors (Lipinski definition) is 2. The molecular formula is C9H17NS. The van der Waals surface area contributed by atoms with E-state index in [2.05, 4.69) is 31.8 Å². The fourth-order valence-electron chi connectivity index (χ4n) is 1.82. The van der Waals surface area contributed by atoms with Crippen molar-refractivity contribution in [3.8, 4) is 0 Å². The van der Waals surface area contributed by atoms with Crippen molar-refractivity contribution in [1.82, 2.24) is 5.32 Å². The third kappa shape index (κ3) is 1.73. The van der Waals surface area contributed by atoms with Crippen LogP contribution in [0.5, 0.6) is 0 Å². The number of thiol groups is 1. The van der Waals surface area contributed by atoms with Gasteiger partial charge in [-0.15, -0.1) is 12.6 Å². The van der Waals surface area contributed by atoms with Gasteiger partial charge in [-0.1, -0.05) is 13.8 Å². The second-order valence-electron chi connectivity index (χ2n) is 3.81. The maximum absolute atomic E-state index is 4.47. The molecule has 1 nitrogen and oxygen atoms in total. The van der Waals surface area contributed by atoms with Crippen molar-refractivity contribution < 1.29 is 0 Å². The number of nitrogens with one attached hydrogen (secondary N) is 1. The Kier molecular flexibility index (Phi) is 2.53. The molecule has 1 aliphatic carbocycles. The van der Waals surface area contributed by atoms with Gasteiger partial charge < -0.3 is 5.32 Å². The smallest absolute Gasteiger partial charge is 0.0255 e. The number of hydrogen-bond acceptors (Lipinski definition) is 2. The Hall–Kier alpha value is -0.110. The highest BCUT2D eigenvalue weighted by Gasteiger charge is 2.27. The molecule has 64 valence electrons. The summed E-state index contributed by atoms with van der Waals surface area (Å²) in [5.74, 6) is 0. The topological polar surface area (TPSA) is 12.0 Å². The average Bonchev–Trinajstić information content (AvgIpc) is 1.86. The average molecular weight is 171 g/mol. The Labute approximate surface area is 74.7 Å². The van der Waals surface area contributed by atoms with Crippen molar-refractivity contribution in [3.63, 3.8) is 0 Å². The van der Waals surface area contributed by atoms with Gasteiger partial charge in [0.25, 0.3) is 0 Å². The standard InChI is InChI=1S/C9H17NS/c1-9(2)6-4-5-7(11)8(9)10-3/h10-11H,4-6H2,1-3H3. The molecule has 0 saturated heterocycles. The van der Waals surface area contributed by atoms with E-state index in [1.165, 1.54) is 23.4 Å². The summed E-state index contributed by atoms with van der Waals surface area (Å²) in [7, 11) is 1.98. The second kappa shape index (κ2) is 3.10. The molecule has 1 rings (SSSR count). The first-order valence-corrected chi connectivity index (χ1v) is 4.63. The van der Waals surface area contributed by atoms with Gasteiger partial charge in [0, 0.05) is 23.1 Å². The molecule has 1 N–H and O–H groups in total. The van der Waals surface area contributed by atoms with E-state index in [0.29, 0.717) is 5.41 Å². The van der Waals surface area contributed by atoms with Crippen LogP contribution in [0.4, 0.5) is 0 Å². The van der Waals surface area contributed by atoms with Gasteiger partial charge >= 0.3 is 0 Å². The maximum atomic E-state index is 4.47. The maximum Gasteiger partial charge on any atom is 0.0255 e. The Morgan fingerprint density at radius 1 is 1.45 bits per heavy atom. The van der Waals surface area contributed by atoms with Crippen LogP contribution >= 0.6 is 12.6 Å². The summed E-state index contributed by atoms with van der Waals surface area (Å²) in [6.45, 7) is 4.54.